The lowest BCUT2D eigenvalue weighted by molar-refractivity contribution is -0.199. The summed E-state index contributed by atoms with van der Waals surface area (Å²) in [5.41, 5.74) is -0.119. The van der Waals surface area contributed by atoms with Gasteiger partial charge in [0.2, 0.25) is 0 Å². The first-order valence-corrected chi connectivity index (χ1v) is 16.6. The van der Waals surface area contributed by atoms with Gasteiger partial charge in [-0.25, -0.2) is 13.6 Å². The molecule has 3 aliphatic heterocycles. The van der Waals surface area contributed by atoms with Crippen molar-refractivity contribution < 1.29 is 27.7 Å². The van der Waals surface area contributed by atoms with E-state index in [0.29, 0.717) is 31.2 Å². The molecule has 3 aliphatic carbocycles. The van der Waals surface area contributed by atoms with Crippen LogP contribution in [0, 0.1) is 28.6 Å². The SMILES string of the molecule is CC1(C)[C@@H]2C[C@H]3OB([C@H](Cc4ccccc4)NC(=O)N[C@H]4CCN(C(=O)/C(C#N)=C/C(C)(C)N5CCC(F)(F)C5)C4)O[C@@]3(C)[C@H]1C2. The van der Waals surface area contributed by atoms with E-state index in [1.807, 2.05) is 36.4 Å². The Morgan fingerprint density at radius 1 is 1.20 bits per heavy atom. The highest BCUT2D eigenvalue weighted by Crippen LogP contribution is 2.65. The Hall–Kier alpha value is -3.01. The molecule has 3 heterocycles. The monoisotopic (exact) mass is 637 g/mol. The van der Waals surface area contributed by atoms with Gasteiger partial charge in [-0.1, -0.05) is 44.2 Å². The molecule has 6 aliphatic rings. The molecule has 7 rings (SSSR count). The van der Waals surface area contributed by atoms with Gasteiger partial charge in [0.15, 0.2) is 0 Å². The molecule has 6 fully saturated rings. The van der Waals surface area contributed by atoms with Crippen LogP contribution in [0.4, 0.5) is 13.6 Å². The summed E-state index contributed by atoms with van der Waals surface area (Å²) < 4.78 is 41.0. The zero-order valence-electron chi connectivity index (χ0n) is 27.5. The highest BCUT2D eigenvalue weighted by atomic mass is 19.3. The summed E-state index contributed by atoms with van der Waals surface area (Å²) in [6, 6.07) is 11.2. The van der Waals surface area contributed by atoms with Crippen LogP contribution in [0.1, 0.15) is 65.9 Å². The molecule has 1 aromatic rings. The Bertz CT molecular complexity index is 1420. The first-order valence-electron chi connectivity index (χ1n) is 16.6. The molecule has 2 bridgehead atoms. The van der Waals surface area contributed by atoms with E-state index in [-0.39, 0.29) is 48.7 Å². The summed E-state index contributed by atoms with van der Waals surface area (Å²) >= 11 is 0. The number of alkyl halides is 2. The average Bonchev–Trinajstić information content (AvgIpc) is 3.71. The number of carbonyl (C=O) groups excluding carboxylic acids is 2. The second-order valence-corrected chi connectivity index (χ2v) is 15.3. The van der Waals surface area contributed by atoms with Crippen molar-refractivity contribution in [3.63, 3.8) is 0 Å². The Kier molecular flexibility index (Phi) is 8.52. The molecule has 12 heteroatoms. The van der Waals surface area contributed by atoms with Crippen LogP contribution in [0.3, 0.4) is 0 Å². The van der Waals surface area contributed by atoms with Crippen LogP contribution in [-0.4, -0.2) is 90.2 Å². The first-order chi connectivity index (χ1) is 21.6. The van der Waals surface area contributed by atoms with E-state index >= 15 is 0 Å². The van der Waals surface area contributed by atoms with Gasteiger partial charge in [-0.3, -0.25) is 9.69 Å². The first kappa shape index (κ1) is 32.9. The van der Waals surface area contributed by atoms with Gasteiger partial charge in [-0.2, -0.15) is 5.26 Å². The van der Waals surface area contributed by atoms with Crippen molar-refractivity contribution in [1.82, 2.24) is 20.4 Å². The van der Waals surface area contributed by atoms with Crippen LogP contribution >= 0.6 is 0 Å². The Labute approximate surface area is 271 Å². The van der Waals surface area contributed by atoms with Gasteiger partial charge in [0.1, 0.15) is 11.6 Å². The summed E-state index contributed by atoms with van der Waals surface area (Å²) in [7, 11) is -0.597. The number of urea groups is 1. The number of benzene rings is 1. The fraction of sp³-hybridized carbons (Fsp3) is 0.676. The summed E-state index contributed by atoms with van der Waals surface area (Å²) in [5, 5.41) is 15.9. The number of rotatable bonds is 8. The van der Waals surface area contributed by atoms with Crippen LogP contribution in [0.2, 0.25) is 0 Å². The van der Waals surface area contributed by atoms with Crippen LogP contribution in [-0.2, 0) is 20.5 Å². The van der Waals surface area contributed by atoms with Crippen LogP contribution in [0.5, 0.6) is 0 Å². The molecule has 2 N–H and O–H groups in total. The number of hydrogen-bond acceptors (Lipinski definition) is 6. The molecule has 248 valence electrons. The lowest BCUT2D eigenvalue weighted by atomic mass is 9.43. The van der Waals surface area contributed by atoms with Gasteiger partial charge in [0.05, 0.1) is 24.2 Å². The van der Waals surface area contributed by atoms with E-state index in [1.165, 1.54) is 6.08 Å². The summed E-state index contributed by atoms with van der Waals surface area (Å²) in [4.78, 5) is 29.9. The van der Waals surface area contributed by atoms with Gasteiger partial charge in [-0.15, -0.1) is 0 Å². The molecule has 3 amide bonds. The Balaban J connectivity index is 1.08. The molecule has 1 aromatic carbocycles. The van der Waals surface area contributed by atoms with Crippen LogP contribution in [0.15, 0.2) is 42.0 Å². The number of nitrogens with one attached hydrogen (secondary N) is 2. The van der Waals surface area contributed by atoms with Crippen molar-refractivity contribution in [3.8, 4) is 6.07 Å². The van der Waals surface area contributed by atoms with Crippen molar-refractivity contribution >= 4 is 19.1 Å². The van der Waals surface area contributed by atoms with Gasteiger partial charge in [0.25, 0.3) is 11.8 Å². The molecule has 0 unspecified atom stereocenters. The highest BCUT2D eigenvalue weighted by Gasteiger charge is 2.68. The van der Waals surface area contributed by atoms with Crippen molar-refractivity contribution in [3.05, 3.63) is 47.5 Å². The highest BCUT2D eigenvalue weighted by molar-refractivity contribution is 6.48. The van der Waals surface area contributed by atoms with E-state index in [0.717, 1.165) is 18.4 Å². The number of halogens is 2. The maximum absolute atomic E-state index is 13.8. The number of amides is 3. The number of likely N-dealkylation sites (tertiary alicyclic amines) is 2. The Morgan fingerprint density at radius 2 is 1.93 bits per heavy atom. The minimum Gasteiger partial charge on any atom is -0.404 e. The lowest BCUT2D eigenvalue weighted by Crippen LogP contribution is -2.65. The second-order valence-electron chi connectivity index (χ2n) is 15.3. The van der Waals surface area contributed by atoms with E-state index < -0.39 is 42.6 Å². The third kappa shape index (κ3) is 6.18. The van der Waals surface area contributed by atoms with Gasteiger partial charge in [0, 0.05) is 37.6 Å². The maximum Gasteiger partial charge on any atom is 0.482 e. The minimum atomic E-state index is -2.78. The standard InChI is InChI=1S/C34H46BF2N5O4/c1-31(2,42-14-12-34(36,37)21-42)18-23(19-38)29(43)41-13-11-25(20-41)39-30(44)40-28(15-22-9-7-6-8-10-22)35-45-27-17-24-16-26(32(24,3)4)33(27,5)46-35/h6-10,18,24-28H,11-17,20-21H2,1-5H3,(H2,39,40,44)/b23-18+/t24-,25-,26-,27+,28-,33-/m0/s1. The topological polar surface area (TPSA) is 107 Å². The summed E-state index contributed by atoms with van der Waals surface area (Å²) in [6.07, 6.45) is 4.38. The zero-order chi connectivity index (χ0) is 33.1. The van der Waals surface area contributed by atoms with Crippen molar-refractivity contribution in [2.45, 2.75) is 102 Å². The minimum absolute atomic E-state index is 0.0128. The molecule has 0 aromatic heterocycles. The molecular weight excluding hydrogens is 591 g/mol. The third-order valence-corrected chi connectivity index (χ3v) is 11.6. The van der Waals surface area contributed by atoms with Gasteiger partial charge >= 0.3 is 13.1 Å². The molecule has 0 radical (unpaired) electrons. The molecule has 6 atom stereocenters. The van der Waals surface area contributed by atoms with Crippen LogP contribution < -0.4 is 10.6 Å². The average molecular weight is 638 g/mol. The summed E-state index contributed by atoms with van der Waals surface area (Å²) in [5.74, 6) is -2.66. The summed E-state index contributed by atoms with van der Waals surface area (Å²) in [6.45, 7) is 10.7. The van der Waals surface area contributed by atoms with Crippen molar-refractivity contribution in [1.29, 1.82) is 5.26 Å². The normalized spacial score (nSPS) is 32.3. The predicted octanol–water partition coefficient (Wildman–Crippen LogP) is 4.33. The van der Waals surface area contributed by atoms with E-state index in [4.69, 9.17) is 9.31 Å². The number of hydrogen-bond donors (Lipinski definition) is 2. The van der Waals surface area contributed by atoms with E-state index in [1.54, 1.807) is 23.6 Å². The Morgan fingerprint density at radius 3 is 2.59 bits per heavy atom. The van der Waals surface area contributed by atoms with E-state index in [9.17, 15) is 23.6 Å². The molecular formula is C34H46BF2N5O4. The maximum atomic E-state index is 13.8. The fourth-order valence-corrected chi connectivity index (χ4v) is 8.60. The van der Waals surface area contributed by atoms with Crippen molar-refractivity contribution in [2.24, 2.45) is 17.3 Å². The second kappa shape index (κ2) is 11.9. The molecule has 46 heavy (non-hydrogen) atoms. The van der Waals surface area contributed by atoms with Crippen molar-refractivity contribution in [2.75, 3.05) is 26.2 Å². The number of nitriles is 1. The quantitative estimate of drug-likeness (QED) is 0.250. The zero-order valence-corrected chi connectivity index (χ0v) is 27.5. The number of carbonyl (C=O) groups is 2. The molecule has 3 saturated carbocycles. The van der Waals surface area contributed by atoms with Gasteiger partial charge in [-0.05, 0) is 75.3 Å². The predicted molar refractivity (Wildman–Crippen MR) is 170 cm³/mol. The van der Waals surface area contributed by atoms with E-state index in [2.05, 4.69) is 31.4 Å². The number of nitrogens with zero attached hydrogens (tertiary/aromatic N) is 3. The fourth-order valence-electron chi connectivity index (χ4n) is 8.60. The van der Waals surface area contributed by atoms with Crippen LogP contribution in [0.25, 0.3) is 0 Å². The largest absolute Gasteiger partial charge is 0.482 e. The smallest absolute Gasteiger partial charge is 0.404 e. The molecule has 9 nitrogen and oxygen atoms in total. The molecule has 0 spiro atoms. The molecule has 3 saturated heterocycles. The van der Waals surface area contributed by atoms with Gasteiger partial charge < -0.3 is 24.8 Å². The third-order valence-electron chi connectivity index (χ3n) is 11.6. The lowest BCUT2D eigenvalue weighted by Gasteiger charge is -2.64.